The number of fused-ring (bicyclic) bond motifs is 1. The van der Waals surface area contributed by atoms with Crippen molar-refractivity contribution in [3.8, 4) is 5.75 Å². The summed E-state index contributed by atoms with van der Waals surface area (Å²) in [4.78, 5) is 12.1. The highest BCUT2D eigenvalue weighted by molar-refractivity contribution is 6.35. The average molecular weight is 265 g/mol. The van der Waals surface area contributed by atoms with Gasteiger partial charge >= 0.3 is 0 Å². The molecule has 1 aliphatic rings. The van der Waals surface area contributed by atoms with Crippen molar-refractivity contribution in [1.29, 1.82) is 0 Å². The molecule has 0 bridgehead atoms. The highest BCUT2D eigenvalue weighted by atomic mass is 16.5. The molecule has 0 aromatic heterocycles. The van der Waals surface area contributed by atoms with E-state index in [-0.39, 0.29) is 5.91 Å². The van der Waals surface area contributed by atoms with E-state index in [1.807, 2.05) is 61.5 Å². The van der Waals surface area contributed by atoms with Gasteiger partial charge in [0.2, 0.25) is 0 Å². The van der Waals surface area contributed by atoms with E-state index in [1.165, 1.54) is 0 Å². The van der Waals surface area contributed by atoms with Crippen LogP contribution in [0.5, 0.6) is 5.75 Å². The van der Waals surface area contributed by atoms with Crippen molar-refractivity contribution in [2.45, 2.75) is 6.92 Å². The minimum Gasteiger partial charge on any atom is -0.493 e. The molecular weight excluding hydrogens is 250 g/mol. The number of carbonyl (C=O) groups excluding carboxylic acids is 1. The molecule has 2 aromatic rings. The van der Waals surface area contributed by atoms with Crippen LogP contribution in [0.1, 0.15) is 18.1 Å². The molecule has 0 aliphatic carbocycles. The highest BCUT2D eigenvalue weighted by Gasteiger charge is 2.23. The minimum absolute atomic E-state index is 0.0718. The van der Waals surface area contributed by atoms with Gasteiger partial charge < -0.3 is 10.1 Å². The van der Waals surface area contributed by atoms with Crippen molar-refractivity contribution >= 4 is 23.2 Å². The summed E-state index contributed by atoms with van der Waals surface area (Å²) in [5.74, 6) is 0.720. The van der Waals surface area contributed by atoms with E-state index < -0.39 is 0 Å². The van der Waals surface area contributed by atoms with E-state index in [2.05, 4.69) is 5.32 Å². The Morgan fingerprint density at radius 2 is 1.85 bits per heavy atom. The summed E-state index contributed by atoms with van der Waals surface area (Å²) in [6, 6.07) is 15.4. The molecule has 1 amide bonds. The molecule has 3 heteroatoms. The lowest BCUT2D eigenvalue weighted by Crippen LogP contribution is -2.03. The number of anilines is 1. The van der Waals surface area contributed by atoms with Crippen LogP contribution in [0.25, 0.3) is 11.6 Å². The van der Waals surface area contributed by atoms with Gasteiger partial charge in [0.15, 0.2) is 0 Å². The Morgan fingerprint density at radius 3 is 2.70 bits per heavy atom. The van der Waals surface area contributed by atoms with Crippen LogP contribution >= 0.6 is 0 Å². The van der Waals surface area contributed by atoms with Gasteiger partial charge in [0.05, 0.1) is 6.61 Å². The molecule has 2 aromatic carbocycles. The molecule has 0 unspecified atom stereocenters. The first-order valence-corrected chi connectivity index (χ1v) is 6.64. The van der Waals surface area contributed by atoms with Crippen molar-refractivity contribution in [1.82, 2.24) is 0 Å². The van der Waals surface area contributed by atoms with Crippen LogP contribution in [0.3, 0.4) is 0 Å². The number of hydrogen-bond acceptors (Lipinski definition) is 2. The van der Waals surface area contributed by atoms with Crippen LogP contribution in [0.4, 0.5) is 5.69 Å². The number of nitrogens with one attached hydrogen (secondary N) is 1. The third kappa shape index (κ3) is 2.18. The molecule has 1 N–H and O–H groups in total. The Balaban J connectivity index is 2.07. The fourth-order valence-corrected chi connectivity index (χ4v) is 2.32. The predicted octanol–water partition coefficient (Wildman–Crippen LogP) is 3.58. The van der Waals surface area contributed by atoms with Gasteiger partial charge in [-0.05, 0) is 25.1 Å². The normalized spacial score (nSPS) is 15.1. The quantitative estimate of drug-likeness (QED) is 0.861. The molecule has 20 heavy (non-hydrogen) atoms. The van der Waals surface area contributed by atoms with Crippen LogP contribution in [-0.2, 0) is 4.79 Å². The van der Waals surface area contributed by atoms with E-state index in [9.17, 15) is 4.79 Å². The van der Waals surface area contributed by atoms with Gasteiger partial charge in [-0.2, -0.15) is 0 Å². The molecule has 3 nitrogen and oxygen atoms in total. The van der Waals surface area contributed by atoms with Gasteiger partial charge in [-0.1, -0.05) is 36.4 Å². The first-order valence-electron chi connectivity index (χ1n) is 6.64. The molecule has 0 radical (unpaired) electrons. The van der Waals surface area contributed by atoms with Gasteiger partial charge in [0, 0.05) is 22.4 Å². The SMILES string of the molecule is CCOc1ccccc1/C=C1/C(=O)Nc2ccccc21. The summed E-state index contributed by atoms with van der Waals surface area (Å²) < 4.78 is 5.59. The predicted molar refractivity (Wildman–Crippen MR) is 80.6 cm³/mol. The maximum atomic E-state index is 12.1. The van der Waals surface area contributed by atoms with Gasteiger partial charge in [0.1, 0.15) is 5.75 Å². The second kappa shape index (κ2) is 5.21. The lowest BCUT2D eigenvalue weighted by molar-refractivity contribution is -0.110. The second-order valence-corrected chi connectivity index (χ2v) is 4.53. The summed E-state index contributed by atoms with van der Waals surface area (Å²) in [5.41, 5.74) is 3.38. The van der Waals surface area contributed by atoms with Gasteiger partial charge in [-0.25, -0.2) is 0 Å². The number of para-hydroxylation sites is 2. The molecule has 3 rings (SSSR count). The van der Waals surface area contributed by atoms with Crippen LogP contribution in [0.2, 0.25) is 0 Å². The number of ether oxygens (including phenoxy) is 1. The molecule has 0 saturated heterocycles. The Kier molecular flexibility index (Phi) is 3.25. The number of amides is 1. The fraction of sp³-hybridized carbons (Fsp3) is 0.118. The van der Waals surface area contributed by atoms with E-state index in [0.29, 0.717) is 12.2 Å². The van der Waals surface area contributed by atoms with E-state index in [4.69, 9.17) is 4.74 Å². The summed E-state index contributed by atoms with van der Waals surface area (Å²) in [6.07, 6.45) is 1.88. The average Bonchev–Trinajstić information content (AvgIpc) is 2.78. The Labute approximate surface area is 117 Å². The Hall–Kier alpha value is -2.55. The Bertz CT molecular complexity index is 689. The highest BCUT2D eigenvalue weighted by Crippen LogP contribution is 2.34. The third-order valence-corrected chi connectivity index (χ3v) is 3.23. The topological polar surface area (TPSA) is 38.3 Å². The Morgan fingerprint density at radius 1 is 1.10 bits per heavy atom. The standard InChI is InChI=1S/C17H15NO2/c1-2-20-16-10-6-3-7-12(16)11-14-13-8-4-5-9-15(13)18-17(14)19/h3-11H,2H2,1H3,(H,18,19)/b14-11+. The number of benzene rings is 2. The van der Waals surface area contributed by atoms with Crippen LogP contribution in [0.15, 0.2) is 48.5 Å². The van der Waals surface area contributed by atoms with Crippen molar-refractivity contribution < 1.29 is 9.53 Å². The van der Waals surface area contributed by atoms with E-state index in [0.717, 1.165) is 22.6 Å². The molecule has 0 atom stereocenters. The van der Waals surface area contributed by atoms with Crippen molar-refractivity contribution in [3.63, 3.8) is 0 Å². The zero-order valence-electron chi connectivity index (χ0n) is 11.2. The zero-order valence-corrected chi connectivity index (χ0v) is 11.2. The molecule has 0 saturated carbocycles. The molecule has 0 fully saturated rings. The van der Waals surface area contributed by atoms with Crippen molar-refractivity contribution in [2.75, 3.05) is 11.9 Å². The maximum absolute atomic E-state index is 12.1. The van der Waals surface area contributed by atoms with Crippen LogP contribution in [0, 0.1) is 0 Å². The summed E-state index contributed by atoms with van der Waals surface area (Å²) in [7, 11) is 0. The number of rotatable bonds is 3. The number of hydrogen-bond donors (Lipinski definition) is 1. The first kappa shape index (κ1) is 12.5. The smallest absolute Gasteiger partial charge is 0.256 e. The number of carbonyl (C=O) groups is 1. The molecule has 1 heterocycles. The van der Waals surface area contributed by atoms with E-state index in [1.54, 1.807) is 0 Å². The summed E-state index contributed by atoms with van der Waals surface area (Å²) in [6.45, 7) is 2.55. The van der Waals surface area contributed by atoms with Crippen LogP contribution in [-0.4, -0.2) is 12.5 Å². The van der Waals surface area contributed by atoms with Gasteiger partial charge in [0.25, 0.3) is 5.91 Å². The van der Waals surface area contributed by atoms with Gasteiger partial charge in [-0.3, -0.25) is 4.79 Å². The second-order valence-electron chi connectivity index (χ2n) is 4.53. The van der Waals surface area contributed by atoms with E-state index >= 15 is 0 Å². The molecular formula is C17H15NO2. The largest absolute Gasteiger partial charge is 0.493 e. The van der Waals surface area contributed by atoms with Crippen molar-refractivity contribution in [2.24, 2.45) is 0 Å². The molecule has 0 spiro atoms. The zero-order chi connectivity index (χ0) is 13.9. The monoisotopic (exact) mass is 265 g/mol. The minimum atomic E-state index is -0.0718. The van der Waals surface area contributed by atoms with Crippen LogP contribution < -0.4 is 10.1 Å². The lowest BCUT2D eigenvalue weighted by Gasteiger charge is -2.07. The molecule has 100 valence electrons. The summed E-state index contributed by atoms with van der Waals surface area (Å²) in [5, 5.41) is 2.87. The fourth-order valence-electron chi connectivity index (χ4n) is 2.32. The van der Waals surface area contributed by atoms with Crippen molar-refractivity contribution in [3.05, 3.63) is 59.7 Å². The lowest BCUT2D eigenvalue weighted by atomic mass is 10.0. The summed E-state index contributed by atoms with van der Waals surface area (Å²) >= 11 is 0. The van der Waals surface area contributed by atoms with Gasteiger partial charge in [-0.15, -0.1) is 0 Å². The molecule has 1 aliphatic heterocycles. The first-order chi connectivity index (χ1) is 9.79. The third-order valence-electron chi connectivity index (χ3n) is 3.23. The maximum Gasteiger partial charge on any atom is 0.256 e.